The van der Waals surface area contributed by atoms with Crippen LogP contribution in [0.4, 0.5) is 4.79 Å². The second-order valence-electron chi connectivity index (χ2n) is 9.55. The molecule has 2 aromatic rings. The molecular weight excluding hydrogens is 414 g/mol. The van der Waals surface area contributed by atoms with Gasteiger partial charge in [-0.25, -0.2) is 9.78 Å². The summed E-state index contributed by atoms with van der Waals surface area (Å²) in [6.45, 7) is 8.15. The summed E-state index contributed by atoms with van der Waals surface area (Å²) in [5.41, 5.74) is 0.444. The molecule has 0 radical (unpaired) electrons. The molecule has 1 aromatic heterocycles. The average Bonchev–Trinajstić information content (AvgIpc) is 3.37. The zero-order chi connectivity index (χ0) is 22.0. The minimum atomic E-state index is -0.481. The van der Waals surface area contributed by atoms with Gasteiger partial charge < -0.3 is 14.1 Å². The van der Waals surface area contributed by atoms with E-state index in [4.69, 9.17) is 20.8 Å². The normalized spacial score (nSPS) is 22.6. The molecule has 0 aliphatic carbocycles. The highest BCUT2D eigenvalue weighted by molar-refractivity contribution is 6.30. The van der Waals surface area contributed by atoms with Crippen molar-refractivity contribution in [3.8, 4) is 11.3 Å². The summed E-state index contributed by atoms with van der Waals surface area (Å²) in [5, 5.41) is 0.676. The maximum atomic E-state index is 12.8. The Morgan fingerprint density at radius 3 is 2.77 bits per heavy atom. The number of benzene rings is 1. The van der Waals surface area contributed by atoms with E-state index in [2.05, 4.69) is 9.88 Å². The monoisotopic (exact) mass is 445 g/mol. The third-order valence-corrected chi connectivity index (χ3v) is 6.27. The standard InChI is InChI=1S/C24H32ClN3O3/c1-24(2,3)31-23(29)28-13-7-11-20(28)19-10-4-5-12-27(19)16-22-26-15-21(30-22)17-8-6-9-18(25)14-17/h6,8-9,14-15,19-20H,4-5,7,10-13,16H2,1-3H3/t19-,20-/m0/s1. The van der Waals surface area contributed by atoms with Crippen molar-refractivity contribution in [1.82, 2.24) is 14.8 Å². The second-order valence-corrected chi connectivity index (χ2v) is 9.98. The predicted molar refractivity (Wildman–Crippen MR) is 121 cm³/mol. The van der Waals surface area contributed by atoms with Crippen molar-refractivity contribution >= 4 is 17.7 Å². The molecule has 2 atom stereocenters. The quantitative estimate of drug-likeness (QED) is 0.599. The van der Waals surface area contributed by atoms with Crippen LogP contribution in [0.25, 0.3) is 11.3 Å². The van der Waals surface area contributed by atoms with Crippen LogP contribution in [-0.4, -0.2) is 51.7 Å². The molecule has 0 saturated carbocycles. The van der Waals surface area contributed by atoms with Gasteiger partial charge in [-0.1, -0.05) is 30.2 Å². The fraction of sp³-hybridized carbons (Fsp3) is 0.583. The lowest BCUT2D eigenvalue weighted by Crippen LogP contribution is -2.53. The summed E-state index contributed by atoms with van der Waals surface area (Å²) >= 11 is 6.12. The van der Waals surface area contributed by atoms with Gasteiger partial charge in [0.1, 0.15) is 5.60 Å². The van der Waals surface area contributed by atoms with Gasteiger partial charge in [0.25, 0.3) is 0 Å². The second kappa shape index (κ2) is 9.21. The van der Waals surface area contributed by atoms with Gasteiger partial charge in [0.05, 0.1) is 18.8 Å². The van der Waals surface area contributed by atoms with Crippen LogP contribution in [0.2, 0.25) is 5.02 Å². The molecule has 0 bridgehead atoms. The van der Waals surface area contributed by atoms with E-state index in [-0.39, 0.29) is 12.1 Å². The molecule has 1 amide bonds. The first-order valence-corrected chi connectivity index (χ1v) is 11.6. The van der Waals surface area contributed by atoms with Gasteiger partial charge in [-0.2, -0.15) is 0 Å². The van der Waals surface area contributed by atoms with Crippen molar-refractivity contribution in [2.24, 2.45) is 0 Å². The summed E-state index contributed by atoms with van der Waals surface area (Å²) < 4.78 is 11.7. The van der Waals surface area contributed by atoms with Crippen LogP contribution in [0, 0.1) is 0 Å². The number of hydrogen-bond donors (Lipinski definition) is 0. The zero-order valence-corrected chi connectivity index (χ0v) is 19.4. The molecule has 2 saturated heterocycles. The number of ether oxygens (including phenoxy) is 1. The fourth-order valence-corrected chi connectivity index (χ4v) is 4.91. The Hall–Kier alpha value is -2.05. The molecule has 2 aliphatic rings. The predicted octanol–water partition coefficient (Wildman–Crippen LogP) is 5.75. The number of amides is 1. The molecule has 31 heavy (non-hydrogen) atoms. The van der Waals surface area contributed by atoms with E-state index in [0.29, 0.717) is 23.5 Å². The Morgan fingerprint density at radius 2 is 2.00 bits per heavy atom. The molecule has 2 fully saturated rings. The number of rotatable bonds is 4. The van der Waals surface area contributed by atoms with Gasteiger partial charge in [0.2, 0.25) is 5.89 Å². The highest BCUT2D eigenvalue weighted by atomic mass is 35.5. The zero-order valence-electron chi connectivity index (χ0n) is 18.6. The van der Waals surface area contributed by atoms with Gasteiger partial charge >= 0.3 is 6.09 Å². The van der Waals surface area contributed by atoms with E-state index in [1.165, 1.54) is 6.42 Å². The summed E-state index contributed by atoms with van der Waals surface area (Å²) in [5.74, 6) is 1.42. The number of likely N-dealkylation sites (tertiary alicyclic amines) is 2. The largest absolute Gasteiger partial charge is 0.444 e. The van der Waals surface area contributed by atoms with Crippen LogP contribution < -0.4 is 0 Å². The molecule has 0 unspecified atom stereocenters. The van der Waals surface area contributed by atoms with E-state index in [0.717, 1.165) is 50.1 Å². The topological polar surface area (TPSA) is 58.8 Å². The van der Waals surface area contributed by atoms with E-state index in [9.17, 15) is 4.79 Å². The highest BCUT2D eigenvalue weighted by Gasteiger charge is 2.40. The lowest BCUT2D eigenvalue weighted by atomic mass is 9.94. The van der Waals surface area contributed by atoms with Crippen molar-refractivity contribution < 1.29 is 13.9 Å². The summed E-state index contributed by atoms with van der Waals surface area (Å²) in [4.78, 5) is 21.7. The third kappa shape index (κ3) is 5.42. The van der Waals surface area contributed by atoms with Gasteiger partial charge in [0, 0.05) is 23.2 Å². The van der Waals surface area contributed by atoms with Gasteiger partial charge in [-0.15, -0.1) is 0 Å². The molecule has 2 aliphatic heterocycles. The number of halogens is 1. The van der Waals surface area contributed by atoms with Gasteiger partial charge in [-0.05, 0) is 65.1 Å². The molecule has 3 heterocycles. The Morgan fingerprint density at radius 1 is 1.19 bits per heavy atom. The number of oxazole rings is 1. The average molecular weight is 446 g/mol. The summed E-state index contributed by atoms with van der Waals surface area (Å²) in [7, 11) is 0. The van der Waals surface area contributed by atoms with Crippen LogP contribution in [0.15, 0.2) is 34.9 Å². The van der Waals surface area contributed by atoms with Crippen LogP contribution in [0.5, 0.6) is 0 Å². The van der Waals surface area contributed by atoms with Crippen molar-refractivity contribution in [3.63, 3.8) is 0 Å². The number of hydrogen-bond acceptors (Lipinski definition) is 5. The molecule has 0 N–H and O–H groups in total. The first-order chi connectivity index (χ1) is 14.8. The molecule has 7 heteroatoms. The SMILES string of the molecule is CC(C)(C)OC(=O)N1CCC[C@H]1[C@@H]1CCCCN1Cc1ncc(-c2cccc(Cl)c2)o1. The third-order valence-electron chi connectivity index (χ3n) is 6.04. The maximum Gasteiger partial charge on any atom is 0.410 e. The van der Waals surface area contributed by atoms with Crippen LogP contribution in [-0.2, 0) is 11.3 Å². The summed E-state index contributed by atoms with van der Waals surface area (Å²) in [6, 6.07) is 8.08. The van der Waals surface area contributed by atoms with E-state index >= 15 is 0 Å². The molecule has 0 spiro atoms. The Kier molecular flexibility index (Phi) is 6.58. The number of aromatic nitrogens is 1. The van der Waals surface area contributed by atoms with E-state index in [1.807, 2.05) is 49.9 Å². The minimum absolute atomic E-state index is 0.178. The number of carbonyl (C=O) groups excluding carboxylic acids is 1. The lowest BCUT2D eigenvalue weighted by molar-refractivity contribution is 0.00541. The highest BCUT2D eigenvalue weighted by Crippen LogP contribution is 2.32. The van der Waals surface area contributed by atoms with Crippen LogP contribution in [0.3, 0.4) is 0 Å². The lowest BCUT2D eigenvalue weighted by Gasteiger charge is -2.41. The number of nitrogens with zero attached hydrogens (tertiary/aromatic N) is 3. The van der Waals surface area contributed by atoms with Crippen molar-refractivity contribution in [2.75, 3.05) is 13.1 Å². The minimum Gasteiger partial charge on any atom is -0.444 e. The van der Waals surface area contributed by atoms with Crippen molar-refractivity contribution in [2.45, 2.75) is 77.1 Å². The molecule has 4 rings (SSSR count). The molecule has 6 nitrogen and oxygen atoms in total. The van der Waals surface area contributed by atoms with Crippen molar-refractivity contribution in [1.29, 1.82) is 0 Å². The molecular formula is C24H32ClN3O3. The van der Waals surface area contributed by atoms with Crippen LogP contribution >= 0.6 is 11.6 Å². The Bertz CT molecular complexity index is 907. The molecule has 1 aromatic carbocycles. The van der Waals surface area contributed by atoms with Gasteiger partial charge in [-0.3, -0.25) is 4.90 Å². The number of piperidine rings is 1. The first-order valence-electron chi connectivity index (χ1n) is 11.2. The van der Waals surface area contributed by atoms with Gasteiger partial charge in [0.15, 0.2) is 5.76 Å². The maximum absolute atomic E-state index is 12.8. The van der Waals surface area contributed by atoms with E-state index < -0.39 is 5.60 Å². The Balaban J connectivity index is 1.47. The first kappa shape index (κ1) is 22.2. The Labute approximate surface area is 189 Å². The summed E-state index contributed by atoms with van der Waals surface area (Å²) in [6.07, 6.45) is 7.01. The fourth-order valence-electron chi connectivity index (χ4n) is 4.72. The smallest absolute Gasteiger partial charge is 0.410 e. The number of carbonyl (C=O) groups is 1. The van der Waals surface area contributed by atoms with Crippen LogP contribution in [0.1, 0.15) is 58.8 Å². The van der Waals surface area contributed by atoms with Crippen molar-refractivity contribution in [3.05, 3.63) is 41.4 Å². The molecule has 168 valence electrons. The van der Waals surface area contributed by atoms with E-state index in [1.54, 1.807) is 6.20 Å².